The second-order valence-corrected chi connectivity index (χ2v) is 15.2. The van der Waals surface area contributed by atoms with E-state index < -0.39 is 0 Å². The van der Waals surface area contributed by atoms with Gasteiger partial charge in [-0.25, -0.2) is 18.3 Å². The lowest BCUT2D eigenvalue weighted by Crippen LogP contribution is -2.34. The van der Waals surface area contributed by atoms with E-state index in [2.05, 4.69) is 105 Å². The first kappa shape index (κ1) is 49.6. The average molecular weight is 857 g/mol. The van der Waals surface area contributed by atoms with Crippen LogP contribution in [0.15, 0.2) is 123 Å². The maximum absolute atomic E-state index is 5.99. The van der Waals surface area contributed by atoms with Gasteiger partial charge in [-0.1, -0.05) is 102 Å². The highest BCUT2D eigenvalue weighted by Gasteiger charge is 2.09. The van der Waals surface area contributed by atoms with Crippen LogP contribution in [-0.2, 0) is 42.1 Å². The Kier molecular flexibility index (Phi) is 26.8. The number of benzene rings is 2. The predicted molar refractivity (Wildman–Crippen MR) is 240 cm³/mol. The smallest absolute Gasteiger partial charge is 0.249 e. The molecule has 0 saturated heterocycles. The molecule has 2 heterocycles. The SMILES string of the molecule is C=C=COOCCCCCCCCCCOc1ccc(-n2cc[n+](CCOCCOCC[n+]3ccn(-c4ccc(OCCCCCCCCCCOOC=C=C)cc4)c3)c2)cc1. The second kappa shape index (κ2) is 33.6. The first-order chi connectivity index (χ1) is 30.7. The molecule has 0 radical (unpaired) electrons. The quantitative estimate of drug-likeness (QED) is 0.0109. The zero-order chi connectivity index (χ0) is 43.4. The van der Waals surface area contributed by atoms with Gasteiger partial charge < -0.3 is 28.7 Å². The summed E-state index contributed by atoms with van der Waals surface area (Å²) in [5.74, 6) is 1.82. The Bertz CT molecular complexity index is 1660. The van der Waals surface area contributed by atoms with Crippen LogP contribution in [0.3, 0.4) is 0 Å². The lowest BCUT2D eigenvalue weighted by molar-refractivity contribution is -0.698. The zero-order valence-corrected chi connectivity index (χ0v) is 37.1. The molecule has 0 N–H and O–H groups in total. The molecule has 2 aromatic heterocycles. The van der Waals surface area contributed by atoms with Crippen molar-refractivity contribution in [3.05, 3.63) is 123 Å². The molecule has 0 aliphatic rings. The van der Waals surface area contributed by atoms with Crippen LogP contribution in [0.25, 0.3) is 11.4 Å². The summed E-state index contributed by atoms with van der Waals surface area (Å²) in [5.41, 5.74) is 7.20. The summed E-state index contributed by atoms with van der Waals surface area (Å²) in [6.45, 7) is 13.5. The molecule has 0 aliphatic carbocycles. The fourth-order valence-corrected chi connectivity index (χ4v) is 6.71. The van der Waals surface area contributed by atoms with E-state index in [1.807, 2.05) is 24.3 Å². The molecule has 0 fully saturated rings. The number of nitrogens with zero attached hydrogens (tertiary/aromatic N) is 4. The van der Waals surface area contributed by atoms with Gasteiger partial charge in [0.15, 0.2) is 12.5 Å². The maximum Gasteiger partial charge on any atom is 0.249 e. The summed E-state index contributed by atoms with van der Waals surface area (Å²) < 4.78 is 32.2. The molecule has 0 aliphatic heterocycles. The number of hydrogen-bond donors (Lipinski definition) is 0. The minimum Gasteiger partial charge on any atom is -0.494 e. The summed E-state index contributed by atoms with van der Waals surface area (Å²) in [6.07, 6.45) is 34.0. The maximum atomic E-state index is 5.99. The van der Waals surface area contributed by atoms with Crippen LogP contribution in [0.2, 0.25) is 0 Å². The van der Waals surface area contributed by atoms with E-state index in [4.69, 9.17) is 38.5 Å². The topological polar surface area (TPSA) is 91.5 Å². The summed E-state index contributed by atoms with van der Waals surface area (Å²) in [4.78, 5) is 19.5. The van der Waals surface area contributed by atoms with Gasteiger partial charge in [-0.05, 0) is 74.2 Å². The predicted octanol–water partition coefficient (Wildman–Crippen LogP) is 10.1. The van der Waals surface area contributed by atoms with E-state index in [1.165, 1.54) is 76.7 Å². The normalized spacial score (nSPS) is 10.9. The van der Waals surface area contributed by atoms with Crippen LogP contribution in [0.5, 0.6) is 11.5 Å². The molecule has 0 atom stereocenters. The number of aromatic nitrogens is 4. The Labute approximate surface area is 370 Å². The van der Waals surface area contributed by atoms with Gasteiger partial charge in [0.25, 0.3) is 0 Å². The van der Waals surface area contributed by atoms with Crippen molar-refractivity contribution >= 4 is 0 Å². The lowest BCUT2D eigenvalue weighted by atomic mass is 10.1. The monoisotopic (exact) mass is 857 g/mol. The molecule has 2 aromatic carbocycles. The van der Waals surface area contributed by atoms with Gasteiger partial charge in [-0.15, -0.1) is 0 Å². The first-order valence-corrected chi connectivity index (χ1v) is 22.8. The fourth-order valence-electron chi connectivity index (χ4n) is 6.71. The summed E-state index contributed by atoms with van der Waals surface area (Å²) in [6, 6.07) is 16.6. The molecule has 4 rings (SSSR count). The van der Waals surface area contributed by atoms with Crippen LogP contribution in [-0.4, -0.2) is 62.0 Å². The molecule has 62 heavy (non-hydrogen) atoms. The van der Waals surface area contributed by atoms with Crippen molar-refractivity contribution in [1.82, 2.24) is 9.13 Å². The Morgan fingerprint density at radius 1 is 0.435 bits per heavy atom. The van der Waals surface area contributed by atoms with E-state index in [1.54, 1.807) is 0 Å². The zero-order valence-electron chi connectivity index (χ0n) is 37.1. The Balaban J connectivity index is 0.946. The molecule has 0 saturated carbocycles. The molecular formula is C50H72N4O8+2. The summed E-state index contributed by atoms with van der Waals surface area (Å²) >= 11 is 0. The highest BCUT2D eigenvalue weighted by molar-refractivity contribution is 5.37. The highest BCUT2D eigenvalue weighted by Crippen LogP contribution is 2.18. The minimum atomic E-state index is 0.564. The van der Waals surface area contributed by atoms with Crippen LogP contribution < -0.4 is 18.6 Å². The Morgan fingerprint density at radius 3 is 1.16 bits per heavy atom. The van der Waals surface area contributed by atoms with Gasteiger partial charge in [-0.2, -0.15) is 9.78 Å². The van der Waals surface area contributed by atoms with Crippen LogP contribution >= 0.6 is 0 Å². The van der Waals surface area contributed by atoms with E-state index in [9.17, 15) is 0 Å². The van der Waals surface area contributed by atoms with Crippen molar-refractivity contribution < 1.29 is 47.6 Å². The number of hydrogen-bond acceptors (Lipinski definition) is 8. The average Bonchev–Trinajstić information content (AvgIpc) is 3.98. The lowest BCUT2D eigenvalue weighted by Gasteiger charge is -2.07. The Hall–Kier alpha value is -5.06. The fraction of sp³-hybridized carbons (Fsp3) is 0.520. The van der Waals surface area contributed by atoms with E-state index in [-0.39, 0.29) is 0 Å². The van der Waals surface area contributed by atoms with Crippen molar-refractivity contribution in [3.63, 3.8) is 0 Å². The molecule has 0 amide bonds. The molecule has 0 bridgehead atoms. The molecule has 338 valence electrons. The van der Waals surface area contributed by atoms with Crippen molar-refractivity contribution in [2.45, 2.75) is 116 Å². The third-order valence-corrected chi connectivity index (χ3v) is 10.2. The third kappa shape index (κ3) is 22.7. The van der Waals surface area contributed by atoms with Crippen molar-refractivity contribution in [2.75, 3.05) is 52.9 Å². The molecule has 0 spiro atoms. The largest absolute Gasteiger partial charge is 0.494 e. The van der Waals surface area contributed by atoms with Crippen LogP contribution in [0, 0.1) is 0 Å². The van der Waals surface area contributed by atoms with Crippen molar-refractivity contribution in [1.29, 1.82) is 0 Å². The van der Waals surface area contributed by atoms with Gasteiger partial charge in [0.05, 0.1) is 52.9 Å². The second-order valence-electron chi connectivity index (χ2n) is 15.2. The minimum absolute atomic E-state index is 0.564. The van der Waals surface area contributed by atoms with Crippen LogP contribution in [0.4, 0.5) is 0 Å². The summed E-state index contributed by atoms with van der Waals surface area (Å²) in [5, 5.41) is 0. The first-order valence-electron chi connectivity index (χ1n) is 22.8. The molecular weight excluding hydrogens is 785 g/mol. The third-order valence-electron chi connectivity index (χ3n) is 10.2. The highest BCUT2D eigenvalue weighted by atomic mass is 17.2. The molecule has 12 heteroatoms. The number of ether oxygens (including phenoxy) is 4. The van der Waals surface area contributed by atoms with E-state index in [0.717, 1.165) is 87.7 Å². The number of imidazole rings is 2. The number of rotatable bonds is 39. The van der Waals surface area contributed by atoms with Crippen molar-refractivity contribution in [2.24, 2.45) is 0 Å². The van der Waals surface area contributed by atoms with Gasteiger partial charge in [0.2, 0.25) is 12.7 Å². The number of unbranched alkanes of at least 4 members (excludes halogenated alkanes) is 14. The van der Waals surface area contributed by atoms with Gasteiger partial charge in [0, 0.05) is 0 Å². The standard InChI is InChI=1S/C50H72N4O8/c1-3-35-59-61-39-19-15-11-7-5-9-13-17-37-57-49-25-21-47(22-26-49)53-31-29-51(45-53)33-41-55-43-44-56-42-34-52-30-32-54(46-52)48-23-27-50(28-24-48)58-38-18-14-10-6-8-12-16-20-40-62-60-36-4-2/h21-32,35-36,45-46H,1-2,5-20,33-34,37-44H2/q+2. The molecule has 4 aromatic rings. The van der Waals surface area contributed by atoms with Gasteiger partial charge in [0.1, 0.15) is 60.8 Å². The van der Waals surface area contributed by atoms with Crippen molar-refractivity contribution in [3.8, 4) is 22.9 Å². The van der Waals surface area contributed by atoms with E-state index >= 15 is 0 Å². The van der Waals surface area contributed by atoms with Crippen LogP contribution in [0.1, 0.15) is 103 Å². The van der Waals surface area contributed by atoms with Gasteiger partial charge in [-0.3, -0.25) is 0 Å². The molecule has 12 nitrogen and oxygen atoms in total. The summed E-state index contributed by atoms with van der Waals surface area (Å²) in [7, 11) is 0. The van der Waals surface area contributed by atoms with Gasteiger partial charge >= 0.3 is 0 Å². The van der Waals surface area contributed by atoms with E-state index in [0.29, 0.717) is 39.6 Å². The molecule has 0 unspecified atom stereocenters. The Morgan fingerprint density at radius 2 is 0.790 bits per heavy atom.